The van der Waals surface area contributed by atoms with Crippen molar-refractivity contribution >= 4 is 28.1 Å². The minimum atomic E-state index is -3.63. The Balaban J connectivity index is 0.00000243. The molecule has 1 atom stereocenters. The number of nitrogens with one attached hydrogen (secondary N) is 1. The molecule has 7 heteroatoms. The van der Waals surface area contributed by atoms with Crippen LogP contribution in [0.3, 0.4) is 0 Å². The summed E-state index contributed by atoms with van der Waals surface area (Å²) in [4.78, 5) is 0.299. The lowest BCUT2D eigenvalue weighted by atomic mass is 9.88. The number of fused-ring (bicyclic) bond motifs is 1. The molecule has 0 radical (unpaired) electrons. The molecular weight excluding hydrogens is 372 g/mol. The molecule has 5 nitrogen and oxygen atoms in total. The number of halogens is 1. The zero-order valence-corrected chi connectivity index (χ0v) is 16.8. The average Bonchev–Trinajstić information content (AvgIpc) is 2.56. The first kappa shape index (κ1) is 20.6. The van der Waals surface area contributed by atoms with Crippen molar-refractivity contribution in [3.05, 3.63) is 52.6 Å². The zero-order valence-electron chi connectivity index (χ0n) is 15.2. The number of anilines is 1. The Morgan fingerprint density at radius 2 is 1.88 bits per heavy atom. The molecule has 2 aromatic carbocycles. The van der Waals surface area contributed by atoms with Crippen LogP contribution in [0.2, 0.25) is 0 Å². The Morgan fingerprint density at radius 3 is 2.58 bits per heavy atom. The van der Waals surface area contributed by atoms with Crippen LogP contribution in [0.25, 0.3) is 0 Å². The molecule has 0 saturated carbocycles. The summed E-state index contributed by atoms with van der Waals surface area (Å²) >= 11 is 0. The monoisotopic (exact) mass is 396 g/mol. The third kappa shape index (κ3) is 3.98. The molecule has 0 aromatic heterocycles. The SMILES string of the molecule is COc1cc(C)c(S(=O)(=O)NC2CCCc3cc(N)ccc32)cc1C.Cl. The predicted molar refractivity (Wildman–Crippen MR) is 107 cm³/mol. The van der Waals surface area contributed by atoms with E-state index in [4.69, 9.17) is 10.5 Å². The van der Waals surface area contributed by atoms with E-state index in [0.717, 1.165) is 36.0 Å². The molecule has 2 aromatic rings. The van der Waals surface area contributed by atoms with Crippen LogP contribution in [-0.4, -0.2) is 15.5 Å². The number of aryl methyl sites for hydroxylation is 3. The van der Waals surface area contributed by atoms with Gasteiger partial charge >= 0.3 is 0 Å². The molecule has 0 saturated heterocycles. The molecule has 1 unspecified atom stereocenters. The van der Waals surface area contributed by atoms with Crippen LogP contribution in [0.1, 0.15) is 41.1 Å². The first-order valence-corrected chi connectivity index (χ1v) is 9.86. The van der Waals surface area contributed by atoms with Crippen molar-refractivity contribution in [2.24, 2.45) is 0 Å². The third-order valence-corrected chi connectivity index (χ3v) is 6.37. The van der Waals surface area contributed by atoms with Crippen molar-refractivity contribution in [3.8, 4) is 5.75 Å². The van der Waals surface area contributed by atoms with E-state index in [1.807, 2.05) is 25.1 Å². The van der Waals surface area contributed by atoms with Gasteiger partial charge in [-0.25, -0.2) is 13.1 Å². The second-order valence-electron chi connectivity index (χ2n) is 6.61. The van der Waals surface area contributed by atoms with Crippen LogP contribution in [-0.2, 0) is 16.4 Å². The third-order valence-electron chi connectivity index (χ3n) is 4.76. The van der Waals surface area contributed by atoms with Crippen molar-refractivity contribution < 1.29 is 13.2 Å². The molecule has 0 bridgehead atoms. The molecular formula is C19H25ClN2O3S. The Bertz CT molecular complexity index is 913. The van der Waals surface area contributed by atoms with Gasteiger partial charge in [0.1, 0.15) is 5.75 Å². The van der Waals surface area contributed by atoms with E-state index in [1.54, 1.807) is 26.2 Å². The summed E-state index contributed by atoms with van der Waals surface area (Å²) in [5.74, 6) is 0.690. The minimum absolute atomic E-state index is 0. The fourth-order valence-electron chi connectivity index (χ4n) is 3.48. The first-order chi connectivity index (χ1) is 11.8. The van der Waals surface area contributed by atoms with Gasteiger partial charge in [-0.1, -0.05) is 6.07 Å². The maximum atomic E-state index is 13.0. The Labute approximate surface area is 161 Å². The van der Waals surface area contributed by atoms with Gasteiger partial charge in [0.2, 0.25) is 10.0 Å². The lowest BCUT2D eigenvalue weighted by Gasteiger charge is -2.27. The molecule has 0 aliphatic heterocycles. The van der Waals surface area contributed by atoms with Gasteiger partial charge in [-0.3, -0.25) is 0 Å². The number of benzene rings is 2. The highest BCUT2D eigenvalue weighted by atomic mass is 35.5. The van der Waals surface area contributed by atoms with Crippen molar-refractivity contribution in [1.29, 1.82) is 0 Å². The number of rotatable bonds is 4. The molecule has 0 fully saturated rings. The van der Waals surface area contributed by atoms with Crippen LogP contribution in [0.5, 0.6) is 5.75 Å². The number of nitrogen functional groups attached to an aromatic ring is 1. The second-order valence-corrected chi connectivity index (χ2v) is 8.29. The van der Waals surface area contributed by atoms with E-state index in [0.29, 0.717) is 21.9 Å². The van der Waals surface area contributed by atoms with E-state index < -0.39 is 10.0 Å². The van der Waals surface area contributed by atoms with E-state index in [2.05, 4.69) is 4.72 Å². The van der Waals surface area contributed by atoms with Gasteiger partial charge in [0, 0.05) is 11.7 Å². The minimum Gasteiger partial charge on any atom is -0.496 e. The van der Waals surface area contributed by atoms with Crippen LogP contribution in [0.15, 0.2) is 35.2 Å². The Hall–Kier alpha value is -1.76. The number of hydrogen-bond donors (Lipinski definition) is 2. The van der Waals surface area contributed by atoms with Gasteiger partial charge in [0.05, 0.1) is 12.0 Å². The quantitative estimate of drug-likeness (QED) is 0.772. The van der Waals surface area contributed by atoms with E-state index in [9.17, 15) is 8.42 Å². The van der Waals surface area contributed by atoms with Crippen molar-refractivity contribution in [2.45, 2.75) is 44.0 Å². The average molecular weight is 397 g/mol. The maximum absolute atomic E-state index is 13.0. The predicted octanol–water partition coefficient (Wildman–Crippen LogP) is 3.67. The highest BCUT2D eigenvalue weighted by molar-refractivity contribution is 7.89. The molecule has 0 amide bonds. The fourth-order valence-corrected chi connectivity index (χ4v) is 5.04. The van der Waals surface area contributed by atoms with E-state index >= 15 is 0 Å². The highest BCUT2D eigenvalue weighted by Crippen LogP contribution is 2.33. The summed E-state index contributed by atoms with van der Waals surface area (Å²) in [7, 11) is -2.05. The van der Waals surface area contributed by atoms with E-state index in [-0.39, 0.29) is 18.4 Å². The van der Waals surface area contributed by atoms with Gasteiger partial charge in [-0.15, -0.1) is 12.4 Å². The Kier molecular flexibility index (Phi) is 6.21. The normalized spacial score (nSPS) is 16.5. The molecule has 0 heterocycles. The maximum Gasteiger partial charge on any atom is 0.241 e. The van der Waals surface area contributed by atoms with Crippen molar-refractivity contribution in [3.63, 3.8) is 0 Å². The second kappa shape index (κ2) is 7.86. The lowest BCUT2D eigenvalue weighted by Crippen LogP contribution is -2.31. The molecule has 3 N–H and O–H groups in total. The summed E-state index contributed by atoms with van der Waals surface area (Å²) in [6, 6.07) is 8.91. The zero-order chi connectivity index (χ0) is 18.2. The number of ether oxygens (including phenoxy) is 1. The number of hydrogen-bond acceptors (Lipinski definition) is 4. The van der Waals surface area contributed by atoms with Gasteiger partial charge < -0.3 is 10.5 Å². The molecule has 1 aliphatic carbocycles. The first-order valence-electron chi connectivity index (χ1n) is 8.37. The number of nitrogens with two attached hydrogens (primary N) is 1. The van der Waals surface area contributed by atoms with Crippen LogP contribution >= 0.6 is 12.4 Å². The van der Waals surface area contributed by atoms with Crippen LogP contribution in [0, 0.1) is 13.8 Å². The smallest absolute Gasteiger partial charge is 0.241 e. The van der Waals surface area contributed by atoms with Crippen LogP contribution < -0.4 is 15.2 Å². The molecule has 142 valence electrons. The molecule has 3 rings (SSSR count). The van der Waals surface area contributed by atoms with Gasteiger partial charge in [0.15, 0.2) is 0 Å². The highest BCUT2D eigenvalue weighted by Gasteiger charge is 2.27. The summed E-state index contributed by atoms with van der Waals surface area (Å²) < 4.78 is 34.1. The van der Waals surface area contributed by atoms with Crippen LogP contribution in [0.4, 0.5) is 5.69 Å². The van der Waals surface area contributed by atoms with Gasteiger partial charge in [0.25, 0.3) is 0 Å². The van der Waals surface area contributed by atoms with Gasteiger partial charge in [-0.05, 0) is 79.6 Å². The summed E-state index contributed by atoms with van der Waals surface area (Å²) in [6.45, 7) is 3.63. The summed E-state index contributed by atoms with van der Waals surface area (Å²) in [5.41, 5.74) is 10.2. The fraction of sp³-hybridized carbons (Fsp3) is 0.368. The number of sulfonamides is 1. The van der Waals surface area contributed by atoms with Gasteiger partial charge in [-0.2, -0.15) is 0 Å². The molecule has 1 aliphatic rings. The number of methoxy groups -OCH3 is 1. The van der Waals surface area contributed by atoms with Crippen molar-refractivity contribution in [2.75, 3.05) is 12.8 Å². The van der Waals surface area contributed by atoms with E-state index in [1.165, 1.54) is 0 Å². The lowest BCUT2D eigenvalue weighted by molar-refractivity contribution is 0.411. The van der Waals surface area contributed by atoms with Crippen molar-refractivity contribution in [1.82, 2.24) is 4.72 Å². The molecule has 26 heavy (non-hydrogen) atoms. The standard InChI is InChI=1S/C19H24N2O3S.ClH/c1-12-10-19(13(2)9-18(12)24-3)25(22,23)21-17-6-4-5-14-11-15(20)7-8-16(14)17;/h7-11,17,21H,4-6,20H2,1-3H3;1H. The molecule has 0 spiro atoms. The topological polar surface area (TPSA) is 81.4 Å². The summed E-state index contributed by atoms with van der Waals surface area (Å²) in [6.07, 6.45) is 2.65. The Morgan fingerprint density at radius 1 is 1.15 bits per heavy atom. The summed E-state index contributed by atoms with van der Waals surface area (Å²) in [5, 5.41) is 0. The largest absolute Gasteiger partial charge is 0.496 e.